The summed E-state index contributed by atoms with van der Waals surface area (Å²) < 4.78 is 53.5. The molecular formula is C13H9F4N3O2S. The molecule has 0 aliphatic rings. The molecule has 0 saturated carbocycles. The van der Waals surface area contributed by atoms with Crippen molar-refractivity contribution in [2.45, 2.75) is 13.0 Å². The third-order valence-corrected chi connectivity index (χ3v) is 3.25. The predicted octanol–water partition coefficient (Wildman–Crippen LogP) is 3.73. The van der Waals surface area contributed by atoms with Crippen LogP contribution in [0.4, 0.5) is 22.7 Å². The summed E-state index contributed by atoms with van der Waals surface area (Å²) >= 11 is 0.541. The van der Waals surface area contributed by atoms with Crippen molar-refractivity contribution >= 4 is 28.5 Å². The molecule has 0 spiro atoms. The minimum Gasteiger partial charge on any atom is -0.434 e. The van der Waals surface area contributed by atoms with Crippen LogP contribution >= 0.6 is 11.3 Å². The Hall–Kier alpha value is -2.49. The number of amides is 1. The molecule has 1 aromatic heterocycles. The van der Waals surface area contributed by atoms with Gasteiger partial charge in [-0.1, -0.05) is 29.5 Å². The third kappa shape index (κ3) is 5.02. The maximum absolute atomic E-state index is 12.3. The summed E-state index contributed by atoms with van der Waals surface area (Å²) in [6, 6.07) is 5.88. The Balaban J connectivity index is 2.03. The number of hydrogen-bond donors (Lipinski definition) is 1. The zero-order chi connectivity index (χ0) is 16.8. The van der Waals surface area contributed by atoms with Crippen molar-refractivity contribution in [1.29, 1.82) is 0 Å². The monoisotopic (exact) mass is 347 g/mol. The van der Waals surface area contributed by atoms with Crippen LogP contribution in [0.2, 0.25) is 0 Å². The number of halogens is 4. The van der Waals surface area contributed by atoms with Crippen LogP contribution < -0.4 is 10.1 Å². The maximum atomic E-state index is 12.3. The van der Waals surface area contributed by atoms with Gasteiger partial charge in [0.1, 0.15) is 5.75 Å². The molecule has 23 heavy (non-hydrogen) atoms. The molecule has 2 aromatic rings. The lowest BCUT2D eigenvalue weighted by Crippen LogP contribution is -2.07. The highest BCUT2D eigenvalue weighted by molar-refractivity contribution is 7.15. The van der Waals surface area contributed by atoms with Gasteiger partial charge < -0.3 is 4.74 Å². The molecule has 1 amide bonds. The largest absolute Gasteiger partial charge is 0.434 e. The summed E-state index contributed by atoms with van der Waals surface area (Å²) in [5.74, 6) is -0.767. The zero-order valence-corrected chi connectivity index (χ0v) is 12.1. The van der Waals surface area contributed by atoms with Crippen molar-refractivity contribution in [3.63, 3.8) is 0 Å². The molecule has 2 rings (SSSR count). The number of carbonyl (C=O) groups excluding carboxylic acids is 1. The van der Waals surface area contributed by atoms with Crippen molar-refractivity contribution in [2.75, 3.05) is 5.32 Å². The van der Waals surface area contributed by atoms with Crippen LogP contribution in [0, 0.1) is 0 Å². The van der Waals surface area contributed by atoms with E-state index in [0.717, 1.165) is 6.08 Å². The quantitative estimate of drug-likeness (QED) is 0.639. The standard InChI is InChI=1S/C13H9F4N3O2S/c14-10(15)11-19-20-13(23-11)18-9(21)6-5-7-3-1-2-4-8(7)22-12(16)17/h1-6,10,12H,(H,18,20,21)/b6-5-. The van der Waals surface area contributed by atoms with Gasteiger partial charge >= 0.3 is 6.61 Å². The molecule has 5 nitrogen and oxygen atoms in total. The van der Waals surface area contributed by atoms with Crippen LogP contribution in [0.1, 0.15) is 17.0 Å². The molecule has 122 valence electrons. The fourth-order valence-corrected chi connectivity index (χ4v) is 2.11. The number of hydrogen-bond acceptors (Lipinski definition) is 5. The molecule has 1 heterocycles. The van der Waals surface area contributed by atoms with E-state index < -0.39 is 24.0 Å². The van der Waals surface area contributed by atoms with Crippen LogP contribution in [-0.4, -0.2) is 22.7 Å². The molecule has 0 bridgehead atoms. The Bertz CT molecular complexity index is 706. The third-order valence-electron chi connectivity index (χ3n) is 2.41. The maximum Gasteiger partial charge on any atom is 0.387 e. The van der Waals surface area contributed by atoms with Gasteiger partial charge in [0.2, 0.25) is 11.0 Å². The predicted molar refractivity (Wildman–Crippen MR) is 75.6 cm³/mol. The first-order chi connectivity index (χ1) is 11.0. The van der Waals surface area contributed by atoms with Crippen molar-refractivity contribution in [2.24, 2.45) is 0 Å². The van der Waals surface area contributed by atoms with E-state index in [4.69, 9.17) is 0 Å². The Morgan fingerprint density at radius 3 is 2.61 bits per heavy atom. The molecule has 0 aliphatic heterocycles. The fraction of sp³-hybridized carbons (Fsp3) is 0.154. The molecule has 0 fully saturated rings. The number of nitrogens with zero attached hydrogens (tertiary/aromatic N) is 2. The van der Waals surface area contributed by atoms with Crippen LogP contribution in [0.15, 0.2) is 30.3 Å². The van der Waals surface area contributed by atoms with Crippen molar-refractivity contribution in [3.8, 4) is 5.75 Å². The van der Waals surface area contributed by atoms with E-state index in [1.54, 1.807) is 6.07 Å². The van der Waals surface area contributed by atoms with E-state index in [1.165, 1.54) is 24.3 Å². The normalized spacial score (nSPS) is 11.4. The second-order valence-corrected chi connectivity index (χ2v) is 4.99. The molecule has 0 aliphatic carbocycles. The van der Waals surface area contributed by atoms with Gasteiger partial charge in [0, 0.05) is 11.6 Å². The number of nitrogens with one attached hydrogen (secondary N) is 1. The minimum atomic E-state index is -2.99. The van der Waals surface area contributed by atoms with Crippen LogP contribution in [0.5, 0.6) is 5.75 Å². The Kier molecular flexibility index (Phi) is 5.63. The molecule has 1 aromatic carbocycles. The van der Waals surface area contributed by atoms with E-state index in [-0.39, 0.29) is 16.4 Å². The van der Waals surface area contributed by atoms with Gasteiger partial charge in [-0.2, -0.15) is 8.78 Å². The summed E-state index contributed by atoms with van der Waals surface area (Å²) in [5, 5.41) is 8.24. The Morgan fingerprint density at radius 1 is 1.22 bits per heavy atom. The SMILES string of the molecule is O=C(/C=C\c1ccccc1OC(F)F)Nc1nnc(C(F)F)s1. The van der Waals surface area contributed by atoms with Gasteiger partial charge in [0.25, 0.3) is 6.43 Å². The number of ether oxygens (including phenoxy) is 1. The summed E-state index contributed by atoms with van der Waals surface area (Å²) in [7, 11) is 0. The lowest BCUT2D eigenvalue weighted by molar-refractivity contribution is -0.111. The highest BCUT2D eigenvalue weighted by Crippen LogP contribution is 2.25. The molecule has 0 atom stereocenters. The number of aromatic nitrogens is 2. The molecule has 10 heteroatoms. The van der Waals surface area contributed by atoms with Crippen LogP contribution in [-0.2, 0) is 4.79 Å². The lowest BCUT2D eigenvalue weighted by Gasteiger charge is -2.07. The summed E-state index contributed by atoms with van der Waals surface area (Å²) in [5.41, 5.74) is 0.258. The van der Waals surface area contributed by atoms with E-state index in [1.807, 2.05) is 0 Å². The van der Waals surface area contributed by atoms with E-state index in [9.17, 15) is 22.4 Å². The summed E-state index contributed by atoms with van der Waals surface area (Å²) in [4.78, 5) is 11.7. The summed E-state index contributed by atoms with van der Waals surface area (Å²) in [6.07, 6.45) is -0.480. The van der Waals surface area contributed by atoms with Gasteiger partial charge in [-0.3, -0.25) is 10.1 Å². The van der Waals surface area contributed by atoms with Crippen molar-refractivity contribution < 1.29 is 27.1 Å². The molecular weight excluding hydrogens is 338 g/mol. The number of carbonyl (C=O) groups is 1. The number of rotatable bonds is 6. The minimum absolute atomic E-state index is 0.0907. The lowest BCUT2D eigenvalue weighted by atomic mass is 10.2. The number of anilines is 1. The first kappa shape index (κ1) is 16.9. The fourth-order valence-electron chi connectivity index (χ4n) is 1.51. The molecule has 0 radical (unpaired) electrons. The molecule has 0 saturated heterocycles. The first-order valence-electron chi connectivity index (χ1n) is 6.10. The van der Waals surface area contributed by atoms with E-state index in [0.29, 0.717) is 11.3 Å². The van der Waals surface area contributed by atoms with Crippen LogP contribution in [0.3, 0.4) is 0 Å². The van der Waals surface area contributed by atoms with Gasteiger partial charge in [0.15, 0.2) is 5.01 Å². The highest BCUT2D eigenvalue weighted by Gasteiger charge is 2.14. The smallest absolute Gasteiger partial charge is 0.387 e. The topological polar surface area (TPSA) is 64.1 Å². The Morgan fingerprint density at radius 2 is 1.96 bits per heavy atom. The number of alkyl halides is 4. The zero-order valence-electron chi connectivity index (χ0n) is 11.2. The number of para-hydroxylation sites is 1. The van der Waals surface area contributed by atoms with Crippen molar-refractivity contribution in [1.82, 2.24) is 10.2 Å². The Labute approximate surface area is 131 Å². The first-order valence-corrected chi connectivity index (χ1v) is 6.92. The van der Waals surface area contributed by atoms with Crippen LogP contribution in [0.25, 0.3) is 6.08 Å². The second kappa shape index (κ2) is 7.68. The van der Waals surface area contributed by atoms with Gasteiger partial charge in [-0.25, -0.2) is 8.78 Å². The van der Waals surface area contributed by atoms with E-state index >= 15 is 0 Å². The van der Waals surface area contributed by atoms with Gasteiger partial charge in [-0.05, 0) is 12.1 Å². The van der Waals surface area contributed by atoms with E-state index in [2.05, 4.69) is 20.3 Å². The average Bonchev–Trinajstić information content (AvgIpc) is 2.94. The second-order valence-electron chi connectivity index (χ2n) is 3.99. The molecule has 1 N–H and O–H groups in total. The molecule has 0 unspecified atom stereocenters. The average molecular weight is 347 g/mol. The van der Waals surface area contributed by atoms with Crippen molar-refractivity contribution in [3.05, 3.63) is 40.9 Å². The number of benzene rings is 1. The summed E-state index contributed by atoms with van der Waals surface area (Å²) in [6.45, 7) is -2.99. The van der Waals surface area contributed by atoms with Gasteiger partial charge in [-0.15, -0.1) is 10.2 Å². The highest BCUT2D eigenvalue weighted by atomic mass is 32.1. The van der Waals surface area contributed by atoms with Gasteiger partial charge in [0.05, 0.1) is 0 Å².